The van der Waals surface area contributed by atoms with E-state index in [1.165, 1.54) is 0 Å². The fraction of sp³-hybridized carbons (Fsp3) is 0. The van der Waals surface area contributed by atoms with E-state index in [4.69, 9.17) is 10.7 Å². The van der Waals surface area contributed by atoms with Crippen LogP contribution in [-0.4, -0.2) is 16.1 Å². The van der Waals surface area contributed by atoms with Crippen LogP contribution in [0.1, 0.15) is 9.67 Å². The molecule has 140 valence electrons. The highest BCUT2D eigenvalue weighted by molar-refractivity contribution is 7.21. The third kappa shape index (κ3) is 2.83. The smallest absolute Gasteiger partial charge is 0.348 e. The Hall–Kier alpha value is -3.70. The molecule has 5 rings (SSSR count). The van der Waals surface area contributed by atoms with Gasteiger partial charge in [0.1, 0.15) is 9.71 Å². The number of aromatic carboxylic acids is 1. The third-order valence-electron chi connectivity index (χ3n) is 5.04. The van der Waals surface area contributed by atoms with Crippen LogP contribution in [0, 0.1) is 0 Å². The molecule has 3 aromatic carbocycles. The number of rotatable bonds is 3. The van der Waals surface area contributed by atoms with E-state index in [0.717, 1.165) is 44.5 Å². The van der Waals surface area contributed by atoms with Crippen LogP contribution >= 0.6 is 11.3 Å². The van der Waals surface area contributed by atoms with Gasteiger partial charge in [0.25, 0.3) is 0 Å². The Morgan fingerprint density at radius 3 is 2.41 bits per heavy atom. The van der Waals surface area contributed by atoms with Crippen LogP contribution in [0.25, 0.3) is 43.4 Å². The molecular formula is C24H16N2O2S. The number of thiophene rings is 1. The van der Waals surface area contributed by atoms with Crippen LogP contribution in [0.4, 0.5) is 5.69 Å². The molecular weight excluding hydrogens is 380 g/mol. The zero-order valence-electron chi connectivity index (χ0n) is 15.3. The molecule has 0 saturated carbocycles. The number of carboxylic acids is 1. The number of carboxylic acid groups (broad SMARTS) is 1. The molecule has 0 atom stereocenters. The number of pyridine rings is 1. The lowest BCUT2D eigenvalue weighted by Crippen LogP contribution is -1.97. The Balaban J connectivity index is 1.88. The first kappa shape index (κ1) is 17.4. The Bertz CT molecular complexity index is 1390. The number of hydrogen-bond donors (Lipinski definition) is 2. The number of anilines is 1. The van der Waals surface area contributed by atoms with Gasteiger partial charge in [-0.15, -0.1) is 11.3 Å². The molecule has 29 heavy (non-hydrogen) atoms. The van der Waals surface area contributed by atoms with Gasteiger partial charge in [-0.2, -0.15) is 0 Å². The topological polar surface area (TPSA) is 76.2 Å². The van der Waals surface area contributed by atoms with Crippen molar-refractivity contribution in [3.05, 3.63) is 83.7 Å². The SMILES string of the molecule is Nc1c(C(=O)O)sc2nc(-c3cccc4ccccc34)cc(-c3ccccc3)c12. The molecule has 0 radical (unpaired) electrons. The fourth-order valence-corrected chi connectivity index (χ4v) is 4.67. The molecule has 2 heterocycles. The minimum Gasteiger partial charge on any atom is -0.477 e. The predicted molar refractivity (Wildman–Crippen MR) is 119 cm³/mol. The van der Waals surface area contributed by atoms with Crippen molar-refractivity contribution in [3.8, 4) is 22.4 Å². The summed E-state index contributed by atoms with van der Waals surface area (Å²) in [6.07, 6.45) is 0. The van der Waals surface area contributed by atoms with Crippen LogP contribution in [-0.2, 0) is 0 Å². The summed E-state index contributed by atoms with van der Waals surface area (Å²) < 4.78 is 0. The second-order valence-corrected chi connectivity index (χ2v) is 7.78. The molecule has 4 nitrogen and oxygen atoms in total. The highest BCUT2D eigenvalue weighted by Gasteiger charge is 2.21. The molecule has 0 aliphatic carbocycles. The van der Waals surface area contributed by atoms with E-state index in [1.807, 2.05) is 60.7 Å². The van der Waals surface area contributed by atoms with Crippen LogP contribution in [0.3, 0.4) is 0 Å². The number of fused-ring (bicyclic) bond motifs is 2. The van der Waals surface area contributed by atoms with Gasteiger partial charge in [-0.1, -0.05) is 72.8 Å². The van der Waals surface area contributed by atoms with E-state index in [-0.39, 0.29) is 10.6 Å². The minimum atomic E-state index is -1.03. The van der Waals surface area contributed by atoms with Gasteiger partial charge in [0, 0.05) is 10.9 Å². The maximum Gasteiger partial charge on any atom is 0.348 e. The van der Waals surface area contributed by atoms with Crippen LogP contribution in [0.5, 0.6) is 0 Å². The molecule has 0 aliphatic heterocycles. The molecule has 0 fully saturated rings. The van der Waals surface area contributed by atoms with E-state index in [2.05, 4.69) is 18.2 Å². The Morgan fingerprint density at radius 1 is 0.897 bits per heavy atom. The minimum absolute atomic E-state index is 0.125. The van der Waals surface area contributed by atoms with Crippen LogP contribution < -0.4 is 5.73 Å². The summed E-state index contributed by atoms with van der Waals surface area (Å²) in [5.74, 6) is -1.03. The molecule has 5 heteroatoms. The lowest BCUT2D eigenvalue weighted by Gasteiger charge is -2.10. The van der Waals surface area contributed by atoms with Crippen molar-refractivity contribution in [3.63, 3.8) is 0 Å². The Morgan fingerprint density at radius 2 is 1.62 bits per heavy atom. The summed E-state index contributed by atoms with van der Waals surface area (Å²) in [5, 5.41) is 12.5. The number of nitrogens with zero attached hydrogens (tertiary/aromatic N) is 1. The predicted octanol–water partition coefficient (Wildman–Crippen LogP) is 6.06. The van der Waals surface area contributed by atoms with Crippen molar-refractivity contribution in [2.24, 2.45) is 0 Å². The maximum atomic E-state index is 11.7. The van der Waals surface area contributed by atoms with E-state index in [9.17, 15) is 9.90 Å². The van der Waals surface area contributed by atoms with Crippen molar-refractivity contribution >= 4 is 44.0 Å². The average Bonchev–Trinajstić information content (AvgIpc) is 3.10. The van der Waals surface area contributed by atoms with Gasteiger partial charge < -0.3 is 10.8 Å². The Kier molecular flexibility index (Phi) is 4.03. The Labute approximate surface area is 170 Å². The van der Waals surface area contributed by atoms with Gasteiger partial charge in [0.15, 0.2) is 0 Å². The van der Waals surface area contributed by atoms with E-state index >= 15 is 0 Å². The highest BCUT2D eigenvalue weighted by atomic mass is 32.1. The van der Waals surface area contributed by atoms with Crippen molar-refractivity contribution in [1.29, 1.82) is 0 Å². The quantitative estimate of drug-likeness (QED) is 0.388. The van der Waals surface area contributed by atoms with E-state index < -0.39 is 5.97 Å². The van der Waals surface area contributed by atoms with Crippen molar-refractivity contribution < 1.29 is 9.90 Å². The molecule has 3 N–H and O–H groups in total. The number of aromatic nitrogens is 1. The second-order valence-electron chi connectivity index (χ2n) is 6.78. The molecule has 0 spiro atoms. The summed E-state index contributed by atoms with van der Waals surface area (Å²) >= 11 is 1.12. The van der Waals surface area contributed by atoms with Gasteiger partial charge in [-0.25, -0.2) is 9.78 Å². The molecule has 2 aromatic heterocycles. The summed E-state index contributed by atoms with van der Waals surface area (Å²) in [7, 11) is 0. The van der Waals surface area contributed by atoms with Gasteiger partial charge in [-0.3, -0.25) is 0 Å². The zero-order chi connectivity index (χ0) is 20.0. The van der Waals surface area contributed by atoms with E-state index in [0.29, 0.717) is 10.2 Å². The molecule has 0 aliphatic rings. The first-order valence-electron chi connectivity index (χ1n) is 9.13. The number of benzene rings is 3. The monoisotopic (exact) mass is 396 g/mol. The van der Waals surface area contributed by atoms with Crippen molar-refractivity contribution in [2.75, 3.05) is 5.73 Å². The fourth-order valence-electron chi connectivity index (χ4n) is 3.71. The van der Waals surface area contributed by atoms with Crippen LogP contribution in [0.15, 0.2) is 78.9 Å². The number of carbonyl (C=O) groups is 1. The van der Waals surface area contributed by atoms with Gasteiger partial charge >= 0.3 is 5.97 Å². The second kappa shape index (κ2) is 6.72. The summed E-state index contributed by atoms with van der Waals surface area (Å²) in [5.41, 5.74) is 10.2. The maximum absolute atomic E-state index is 11.7. The molecule has 0 unspecified atom stereocenters. The summed E-state index contributed by atoms with van der Waals surface area (Å²) in [4.78, 5) is 17.2. The molecule has 0 saturated heterocycles. The normalized spacial score (nSPS) is 11.2. The number of nitrogens with two attached hydrogens (primary N) is 1. The van der Waals surface area contributed by atoms with Gasteiger partial charge in [-0.05, 0) is 28.0 Å². The van der Waals surface area contributed by atoms with Gasteiger partial charge in [0.05, 0.1) is 11.4 Å². The molecule has 0 amide bonds. The standard InChI is InChI=1S/C24H16N2O2S/c25-21-20-18(15-7-2-1-3-8-15)13-19(26-23(20)29-22(21)24(27)28)17-12-6-10-14-9-4-5-11-16(14)17/h1-13H,25H2,(H,27,28). The summed E-state index contributed by atoms with van der Waals surface area (Å²) in [6, 6.07) is 26.2. The van der Waals surface area contributed by atoms with Gasteiger partial charge in [0.2, 0.25) is 0 Å². The first-order chi connectivity index (χ1) is 14.1. The van der Waals surface area contributed by atoms with E-state index in [1.54, 1.807) is 0 Å². The lowest BCUT2D eigenvalue weighted by atomic mass is 9.97. The number of hydrogen-bond acceptors (Lipinski definition) is 4. The average molecular weight is 396 g/mol. The highest BCUT2D eigenvalue weighted by Crippen LogP contribution is 2.42. The molecule has 0 bridgehead atoms. The third-order valence-corrected chi connectivity index (χ3v) is 6.13. The largest absolute Gasteiger partial charge is 0.477 e. The van der Waals surface area contributed by atoms with Crippen molar-refractivity contribution in [2.45, 2.75) is 0 Å². The molecule has 5 aromatic rings. The van der Waals surface area contributed by atoms with Crippen molar-refractivity contribution in [1.82, 2.24) is 4.98 Å². The first-order valence-corrected chi connectivity index (χ1v) is 9.95. The number of nitrogen functional groups attached to an aromatic ring is 1. The lowest BCUT2D eigenvalue weighted by molar-refractivity contribution is 0.0703. The summed E-state index contributed by atoms with van der Waals surface area (Å²) in [6.45, 7) is 0. The van der Waals surface area contributed by atoms with Crippen LogP contribution in [0.2, 0.25) is 0 Å². The zero-order valence-corrected chi connectivity index (χ0v) is 16.1.